The van der Waals surface area contributed by atoms with E-state index in [9.17, 15) is 4.21 Å². The molecular formula is C11H14BrNO2S. The molecule has 1 aliphatic rings. The first kappa shape index (κ1) is 12.1. The van der Waals surface area contributed by atoms with Gasteiger partial charge in [-0.2, -0.15) is 0 Å². The van der Waals surface area contributed by atoms with Crippen LogP contribution in [0.15, 0.2) is 27.6 Å². The molecule has 0 aliphatic carbocycles. The molecule has 2 rings (SSSR count). The first-order valence-electron chi connectivity index (χ1n) is 5.22. The van der Waals surface area contributed by atoms with Gasteiger partial charge in [0.1, 0.15) is 0 Å². The average molecular weight is 304 g/mol. The van der Waals surface area contributed by atoms with Gasteiger partial charge in [-0.3, -0.25) is 4.21 Å². The molecule has 0 radical (unpaired) electrons. The summed E-state index contributed by atoms with van der Waals surface area (Å²) < 4.78 is 18.4. The summed E-state index contributed by atoms with van der Waals surface area (Å²) in [7, 11) is -1.02. The van der Waals surface area contributed by atoms with Crippen molar-refractivity contribution in [1.82, 2.24) is 0 Å². The van der Waals surface area contributed by atoms with Crippen molar-refractivity contribution < 1.29 is 8.95 Å². The highest BCUT2D eigenvalue weighted by Crippen LogP contribution is 2.25. The fourth-order valence-electron chi connectivity index (χ4n) is 1.74. The van der Waals surface area contributed by atoms with Gasteiger partial charge in [0.05, 0.1) is 27.6 Å². The van der Waals surface area contributed by atoms with Gasteiger partial charge in [0.15, 0.2) is 0 Å². The SMILES string of the molecule is Nc1ccc(S(=O)CC2CCCO2)c(Br)c1. The lowest BCUT2D eigenvalue weighted by atomic mass is 10.3. The molecule has 1 aliphatic heterocycles. The van der Waals surface area contributed by atoms with Crippen LogP contribution in [-0.4, -0.2) is 22.7 Å². The van der Waals surface area contributed by atoms with Crippen LogP contribution in [0.25, 0.3) is 0 Å². The van der Waals surface area contributed by atoms with Crippen LogP contribution in [0.1, 0.15) is 12.8 Å². The molecule has 0 saturated carbocycles. The van der Waals surface area contributed by atoms with Crippen LogP contribution in [0.5, 0.6) is 0 Å². The van der Waals surface area contributed by atoms with Crippen LogP contribution in [0.4, 0.5) is 5.69 Å². The van der Waals surface area contributed by atoms with Gasteiger partial charge in [0, 0.05) is 16.8 Å². The molecule has 1 fully saturated rings. The minimum atomic E-state index is -1.02. The standard InChI is InChI=1S/C11H14BrNO2S/c12-10-6-8(13)3-4-11(10)16(14)7-9-2-1-5-15-9/h3-4,6,9H,1-2,5,7,13H2. The van der Waals surface area contributed by atoms with Crippen molar-refractivity contribution in [3.05, 3.63) is 22.7 Å². The maximum Gasteiger partial charge on any atom is 0.0694 e. The second-order valence-corrected chi connectivity index (χ2v) is 6.16. The van der Waals surface area contributed by atoms with E-state index in [1.807, 2.05) is 6.07 Å². The topological polar surface area (TPSA) is 52.3 Å². The second-order valence-electron chi connectivity index (χ2n) is 3.84. The molecule has 2 N–H and O–H groups in total. The van der Waals surface area contributed by atoms with E-state index in [2.05, 4.69) is 15.9 Å². The minimum absolute atomic E-state index is 0.144. The highest BCUT2D eigenvalue weighted by Gasteiger charge is 2.20. The van der Waals surface area contributed by atoms with Crippen molar-refractivity contribution in [2.75, 3.05) is 18.1 Å². The molecule has 2 unspecified atom stereocenters. The van der Waals surface area contributed by atoms with Crippen LogP contribution in [-0.2, 0) is 15.5 Å². The van der Waals surface area contributed by atoms with Gasteiger partial charge in [-0.1, -0.05) is 0 Å². The number of rotatable bonds is 3. The second kappa shape index (κ2) is 5.29. The maximum absolute atomic E-state index is 12.1. The van der Waals surface area contributed by atoms with Crippen molar-refractivity contribution in [1.29, 1.82) is 0 Å². The zero-order chi connectivity index (χ0) is 11.5. The normalized spacial score (nSPS) is 22.2. The maximum atomic E-state index is 12.1. The summed E-state index contributed by atoms with van der Waals surface area (Å²) in [5, 5.41) is 0. The number of hydrogen-bond donors (Lipinski definition) is 1. The van der Waals surface area contributed by atoms with Crippen molar-refractivity contribution in [2.45, 2.75) is 23.8 Å². The minimum Gasteiger partial charge on any atom is -0.399 e. The Labute approximate surface area is 106 Å². The van der Waals surface area contributed by atoms with E-state index in [1.54, 1.807) is 12.1 Å². The molecule has 2 atom stereocenters. The predicted molar refractivity (Wildman–Crippen MR) is 68.8 cm³/mol. The monoisotopic (exact) mass is 303 g/mol. The number of hydrogen-bond acceptors (Lipinski definition) is 3. The van der Waals surface area contributed by atoms with Gasteiger partial charge < -0.3 is 10.5 Å². The van der Waals surface area contributed by atoms with Gasteiger partial charge in [-0.05, 0) is 47.0 Å². The van der Waals surface area contributed by atoms with Crippen molar-refractivity contribution in [3.63, 3.8) is 0 Å². The summed E-state index contributed by atoms with van der Waals surface area (Å²) in [6.45, 7) is 0.796. The van der Waals surface area contributed by atoms with E-state index in [1.165, 1.54) is 0 Å². The zero-order valence-electron chi connectivity index (χ0n) is 8.82. The number of ether oxygens (including phenoxy) is 1. The van der Waals surface area contributed by atoms with E-state index in [0.717, 1.165) is 28.8 Å². The molecular weight excluding hydrogens is 290 g/mol. The molecule has 1 saturated heterocycles. The van der Waals surface area contributed by atoms with Crippen LogP contribution in [0.3, 0.4) is 0 Å². The number of nitrogen functional groups attached to an aromatic ring is 1. The summed E-state index contributed by atoms with van der Waals surface area (Å²) in [4.78, 5) is 0.796. The highest BCUT2D eigenvalue weighted by molar-refractivity contribution is 9.10. The molecule has 1 aromatic carbocycles. The summed E-state index contributed by atoms with van der Waals surface area (Å²) in [6, 6.07) is 5.36. The Morgan fingerprint density at radius 2 is 2.38 bits per heavy atom. The molecule has 0 bridgehead atoms. The van der Waals surface area contributed by atoms with Gasteiger partial charge in [0.25, 0.3) is 0 Å². The Morgan fingerprint density at radius 3 is 3.00 bits per heavy atom. The van der Waals surface area contributed by atoms with Crippen molar-refractivity contribution in [2.24, 2.45) is 0 Å². The van der Waals surface area contributed by atoms with Crippen molar-refractivity contribution >= 4 is 32.4 Å². The Kier molecular flexibility index (Phi) is 4.00. The summed E-state index contributed by atoms with van der Waals surface area (Å²) in [6.07, 6.45) is 2.23. The van der Waals surface area contributed by atoms with Crippen LogP contribution in [0.2, 0.25) is 0 Å². The first-order chi connectivity index (χ1) is 7.66. The molecule has 1 aromatic rings. The Morgan fingerprint density at radius 1 is 1.56 bits per heavy atom. The van der Waals surface area contributed by atoms with Crippen molar-refractivity contribution in [3.8, 4) is 0 Å². The number of benzene rings is 1. The summed E-state index contributed by atoms with van der Waals surface area (Å²) in [5.41, 5.74) is 6.31. The third-order valence-electron chi connectivity index (χ3n) is 2.56. The summed E-state index contributed by atoms with van der Waals surface area (Å²) >= 11 is 3.38. The van der Waals surface area contributed by atoms with E-state index in [4.69, 9.17) is 10.5 Å². The molecule has 5 heteroatoms. The average Bonchev–Trinajstić information content (AvgIpc) is 2.70. The Balaban J connectivity index is 2.08. The largest absolute Gasteiger partial charge is 0.399 e. The molecule has 0 amide bonds. The van der Waals surface area contributed by atoms with Gasteiger partial charge in [-0.15, -0.1) is 0 Å². The van der Waals surface area contributed by atoms with Gasteiger partial charge in [0.2, 0.25) is 0 Å². The molecule has 3 nitrogen and oxygen atoms in total. The predicted octanol–water partition coefficient (Wildman–Crippen LogP) is 2.32. The lowest BCUT2D eigenvalue weighted by molar-refractivity contribution is 0.128. The van der Waals surface area contributed by atoms with E-state index in [-0.39, 0.29) is 6.10 Å². The molecule has 88 valence electrons. The number of halogens is 1. The van der Waals surface area contributed by atoms with Crippen LogP contribution in [0, 0.1) is 0 Å². The first-order valence-corrected chi connectivity index (χ1v) is 7.33. The molecule has 1 heterocycles. The summed E-state index contributed by atoms with van der Waals surface area (Å²) in [5.74, 6) is 0.572. The zero-order valence-corrected chi connectivity index (χ0v) is 11.2. The lowest BCUT2D eigenvalue weighted by Gasteiger charge is -2.10. The van der Waals surface area contributed by atoms with Crippen LogP contribution >= 0.6 is 15.9 Å². The van der Waals surface area contributed by atoms with E-state index in [0.29, 0.717) is 11.4 Å². The molecule has 16 heavy (non-hydrogen) atoms. The van der Waals surface area contributed by atoms with Gasteiger partial charge >= 0.3 is 0 Å². The van der Waals surface area contributed by atoms with Gasteiger partial charge in [-0.25, -0.2) is 0 Å². The van der Waals surface area contributed by atoms with E-state index < -0.39 is 10.8 Å². The number of anilines is 1. The third-order valence-corrected chi connectivity index (χ3v) is 5.00. The Hall–Kier alpha value is -0.390. The smallest absolute Gasteiger partial charge is 0.0694 e. The quantitative estimate of drug-likeness (QED) is 0.872. The highest BCUT2D eigenvalue weighted by atomic mass is 79.9. The van der Waals surface area contributed by atoms with E-state index >= 15 is 0 Å². The number of nitrogens with two attached hydrogens (primary N) is 1. The molecule has 0 aromatic heterocycles. The molecule has 0 spiro atoms. The fourth-order valence-corrected chi connectivity index (χ4v) is 3.95. The lowest BCUT2D eigenvalue weighted by Crippen LogP contribution is -2.15. The Bertz CT molecular complexity index is 405. The van der Waals surface area contributed by atoms with Crippen LogP contribution < -0.4 is 5.73 Å². The third kappa shape index (κ3) is 2.84. The fraction of sp³-hybridized carbons (Fsp3) is 0.455.